The maximum absolute atomic E-state index is 12.3. The fourth-order valence-electron chi connectivity index (χ4n) is 2.94. The van der Waals surface area contributed by atoms with Gasteiger partial charge in [0, 0.05) is 19.1 Å². The number of aromatic hydroxyl groups is 1. The summed E-state index contributed by atoms with van der Waals surface area (Å²) in [6, 6.07) is 7.55. The Hall–Kier alpha value is -1.55. The van der Waals surface area contributed by atoms with E-state index in [2.05, 4.69) is 5.32 Å². The van der Waals surface area contributed by atoms with Gasteiger partial charge in [0.1, 0.15) is 5.75 Å². The Labute approximate surface area is 126 Å². The van der Waals surface area contributed by atoms with Gasteiger partial charge in [0.2, 0.25) is 5.91 Å². The van der Waals surface area contributed by atoms with Crippen molar-refractivity contribution in [2.24, 2.45) is 5.92 Å². The summed E-state index contributed by atoms with van der Waals surface area (Å²) in [5.74, 6) is 1.31. The predicted octanol–water partition coefficient (Wildman–Crippen LogP) is 1.93. The molecule has 1 heterocycles. The standard InChI is InChI=1S/C17H24N2O2/c20-16-3-1-2-14(10-16)11-17(21)19-8-6-15(7-9-19)18-12-13-4-5-13/h1-3,10,13,15,18,20H,4-9,11-12H2. The molecular weight excluding hydrogens is 264 g/mol. The molecule has 3 rings (SSSR count). The van der Waals surface area contributed by atoms with Crippen molar-refractivity contribution in [1.29, 1.82) is 0 Å². The minimum Gasteiger partial charge on any atom is -0.508 e. The van der Waals surface area contributed by atoms with Crippen LogP contribution in [0.2, 0.25) is 0 Å². The highest BCUT2D eigenvalue weighted by molar-refractivity contribution is 5.79. The van der Waals surface area contributed by atoms with Gasteiger partial charge >= 0.3 is 0 Å². The molecular formula is C17H24N2O2. The normalized spacial score (nSPS) is 19.7. The van der Waals surface area contributed by atoms with E-state index in [1.54, 1.807) is 18.2 Å². The second-order valence-corrected chi connectivity index (χ2v) is 6.35. The highest BCUT2D eigenvalue weighted by atomic mass is 16.3. The Kier molecular flexibility index (Phi) is 4.44. The third kappa shape index (κ3) is 4.21. The van der Waals surface area contributed by atoms with Crippen LogP contribution >= 0.6 is 0 Å². The monoisotopic (exact) mass is 288 g/mol. The van der Waals surface area contributed by atoms with Crippen molar-refractivity contribution in [2.45, 2.75) is 38.1 Å². The molecule has 1 saturated heterocycles. The SMILES string of the molecule is O=C(Cc1cccc(O)c1)N1CCC(NCC2CC2)CC1. The molecule has 0 spiro atoms. The summed E-state index contributed by atoms with van der Waals surface area (Å²) in [7, 11) is 0. The van der Waals surface area contributed by atoms with Gasteiger partial charge in [-0.25, -0.2) is 0 Å². The molecule has 4 nitrogen and oxygen atoms in total. The van der Waals surface area contributed by atoms with E-state index in [1.807, 2.05) is 11.0 Å². The number of hydrogen-bond acceptors (Lipinski definition) is 3. The van der Waals surface area contributed by atoms with E-state index in [9.17, 15) is 9.90 Å². The quantitative estimate of drug-likeness (QED) is 0.870. The van der Waals surface area contributed by atoms with Crippen LogP contribution in [0.25, 0.3) is 0 Å². The van der Waals surface area contributed by atoms with Crippen molar-refractivity contribution in [2.75, 3.05) is 19.6 Å². The molecule has 1 aliphatic heterocycles. The molecule has 1 amide bonds. The topological polar surface area (TPSA) is 52.6 Å². The first kappa shape index (κ1) is 14.4. The molecule has 4 heteroatoms. The molecule has 0 aromatic heterocycles. The number of carbonyl (C=O) groups excluding carboxylic acids is 1. The summed E-state index contributed by atoms with van der Waals surface area (Å²) in [6.07, 6.45) is 5.26. The van der Waals surface area contributed by atoms with E-state index in [-0.39, 0.29) is 11.7 Å². The number of likely N-dealkylation sites (tertiary alicyclic amines) is 1. The van der Waals surface area contributed by atoms with Gasteiger partial charge in [-0.1, -0.05) is 12.1 Å². The largest absolute Gasteiger partial charge is 0.508 e. The molecule has 114 valence electrons. The lowest BCUT2D eigenvalue weighted by Gasteiger charge is -2.32. The molecule has 1 aromatic rings. The van der Waals surface area contributed by atoms with E-state index in [0.29, 0.717) is 12.5 Å². The number of nitrogens with zero attached hydrogens (tertiary/aromatic N) is 1. The average molecular weight is 288 g/mol. The van der Waals surface area contributed by atoms with Gasteiger partial charge in [-0.05, 0) is 55.8 Å². The molecule has 2 aliphatic rings. The number of phenols is 1. The van der Waals surface area contributed by atoms with Crippen molar-refractivity contribution in [3.05, 3.63) is 29.8 Å². The number of phenolic OH excluding ortho intramolecular Hbond substituents is 1. The highest BCUT2D eigenvalue weighted by Gasteiger charge is 2.25. The van der Waals surface area contributed by atoms with E-state index < -0.39 is 0 Å². The lowest BCUT2D eigenvalue weighted by Crippen LogP contribution is -2.45. The second kappa shape index (κ2) is 6.48. The fraction of sp³-hybridized carbons (Fsp3) is 0.588. The van der Waals surface area contributed by atoms with Crippen LogP contribution < -0.4 is 5.32 Å². The van der Waals surface area contributed by atoms with Crippen molar-refractivity contribution >= 4 is 5.91 Å². The maximum atomic E-state index is 12.3. The first-order valence-electron chi connectivity index (χ1n) is 8.00. The summed E-state index contributed by atoms with van der Waals surface area (Å²) in [6.45, 7) is 2.85. The van der Waals surface area contributed by atoms with Crippen LogP contribution in [0, 0.1) is 5.92 Å². The predicted molar refractivity (Wildman–Crippen MR) is 82.1 cm³/mol. The zero-order valence-corrected chi connectivity index (χ0v) is 12.4. The number of hydrogen-bond donors (Lipinski definition) is 2. The Balaban J connectivity index is 1.43. The van der Waals surface area contributed by atoms with Gasteiger partial charge in [0.25, 0.3) is 0 Å². The fourth-order valence-corrected chi connectivity index (χ4v) is 2.94. The average Bonchev–Trinajstić information content (AvgIpc) is 3.30. The van der Waals surface area contributed by atoms with Crippen LogP contribution in [-0.4, -0.2) is 41.6 Å². The lowest BCUT2D eigenvalue weighted by molar-refractivity contribution is -0.131. The minimum absolute atomic E-state index is 0.168. The van der Waals surface area contributed by atoms with Crippen LogP contribution in [0.1, 0.15) is 31.2 Å². The highest BCUT2D eigenvalue weighted by Crippen LogP contribution is 2.28. The van der Waals surface area contributed by atoms with Crippen LogP contribution in [0.5, 0.6) is 5.75 Å². The molecule has 1 aromatic carbocycles. The van der Waals surface area contributed by atoms with Gasteiger partial charge in [0.15, 0.2) is 0 Å². The maximum Gasteiger partial charge on any atom is 0.226 e. The zero-order chi connectivity index (χ0) is 14.7. The van der Waals surface area contributed by atoms with Gasteiger partial charge in [-0.2, -0.15) is 0 Å². The summed E-state index contributed by atoms with van der Waals surface area (Å²) in [5.41, 5.74) is 0.883. The zero-order valence-electron chi connectivity index (χ0n) is 12.4. The van der Waals surface area contributed by atoms with Crippen molar-refractivity contribution in [3.63, 3.8) is 0 Å². The smallest absolute Gasteiger partial charge is 0.226 e. The summed E-state index contributed by atoms with van der Waals surface area (Å²) in [4.78, 5) is 14.2. The first-order chi connectivity index (χ1) is 10.2. The van der Waals surface area contributed by atoms with Crippen LogP contribution in [-0.2, 0) is 11.2 Å². The van der Waals surface area contributed by atoms with E-state index >= 15 is 0 Å². The molecule has 1 saturated carbocycles. The molecule has 1 aliphatic carbocycles. The molecule has 2 fully saturated rings. The number of amides is 1. The molecule has 0 unspecified atom stereocenters. The third-order valence-corrected chi connectivity index (χ3v) is 4.51. The Morgan fingerprint density at radius 2 is 2.00 bits per heavy atom. The van der Waals surface area contributed by atoms with E-state index in [4.69, 9.17) is 0 Å². The Morgan fingerprint density at radius 1 is 1.24 bits per heavy atom. The minimum atomic E-state index is 0.168. The van der Waals surface area contributed by atoms with Gasteiger partial charge in [0.05, 0.1) is 6.42 Å². The van der Waals surface area contributed by atoms with E-state index in [0.717, 1.165) is 44.0 Å². The van der Waals surface area contributed by atoms with Crippen LogP contribution in [0.4, 0.5) is 0 Å². The third-order valence-electron chi connectivity index (χ3n) is 4.51. The molecule has 2 N–H and O–H groups in total. The molecule has 21 heavy (non-hydrogen) atoms. The van der Waals surface area contributed by atoms with E-state index in [1.165, 1.54) is 12.8 Å². The first-order valence-corrected chi connectivity index (χ1v) is 8.00. The number of benzene rings is 1. The van der Waals surface area contributed by atoms with Crippen molar-refractivity contribution < 1.29 is 9.90 Å². The molecule has 0 atom stereocenters. The summed E-state index contributed by atoms with van der Waals surface area (Å²) in [5, 5.41) is 13.1. The second-order valence-electron chi connectivity index (χ2n) is 6.35. The number of nitrogens with one attached hydrogen (secondary N) is 1. The van der Waals surface area contributed by atoms with Gasteiger partial charge in [-0.3, -0.25) is 4.79 Å². The lowest BCUT2D eigenvalue weighted by atomic mass is 10.0. The Bertz CT molecular complexity index is 491. The van der Waals surface area contributed by atoms with Crippen molar-refractivity contribution in [1.82, 2.24) is 10.2 Å². The molecule has 0 radical (unpaired) electrons. The van der Waals surface area contributed by atoms with Crippen LogP contribution in [0.15, 0.2) is 24.3 Å². The number of carbonyl (C=O) groups is 1. The number of rotatable bonds is 5. The molecule has 0 bridgehead atoms. The van der Waals surface area contributed by atoms with Crippen LogP contribution in [0.3, 0.4) is 0 Å². The summed E-state index contributed by atoms with van der Waals surface area (Å²) >= 11 is 0. The van der Waals surface area contributed by atoms with Crippen molar-refractivity contribution in [3.8, 4) is 5.75 Å². The Morgan fingerprint density at radius 3 is 2.67 bits per heavy atom. The number of piperidine rings is 1. The van der Waals surface area contributed by atoms with Gasteiger partial charge < -0.3 is 15.3 Å². The summed E-state index contributed by atoms with van der Waals surface area (Å²) < 4.78 is 0. The van der Waals surface area contributed by atoms with Gasteiger partial charge in [-0.15, -0.1) is 0 Å².